The van der Waals surface area contributed by atoms with E-state index in [2.05, 4.69) is 15.0 Å². The topological polar surface area (TPSA) is 103 Å². The number of nitrogens with zero attached hydrogens (tertiary/aromatic N) is 4. The van der Waals surface area contributed by atoms with Crippen molar-refractivity contribution < 1.29 is 14.3 Å². The zero-order valence-corrected chi connectivity index (χ0v) is 10.3. The van der Waals surface area contributed by atoms with Gasteiger partial charge in [0.15, 0.2) is 0 Å². The number of ether oxygens (including phenoxy) is 2. The molecule has 1 fully saturated rings. The molecule has 1 saturated heterocycles. The molecule has 8 nitrogen and oxygen atoms in total. The largest absolute Gasteiger partial charge is 0.467 e. The molecule has 1 unspecified atom stereocenters. The molecule has 1 aliphatic rings. The summed E-state index contributed by atoms with van der Waals surface area (Å²) in [5.41, 5.74) is 5.57. The monoisotopic (exact) mass is 253 g/mol. The molecule has 98 valence electrons. The summed E-state index contributed by atoms with van der Waals surface area (Å²) in [5.74, 6) is 0.312. The number of hydrogen-bond acceptors (Lipinski definition) is 7. The van der Waals surface area contributed by atoms with Crippen LogP contribution in [0.2, 0.25) is 0 Å². The van der Waals surface area contributed by atoms with E-state index in [9.17, 15) is 4.79 Å². The summed E-state index contributed by atoms with van der Waals surface area (Å²) in [6, 6.07) is 0.224. The third-order valence-corrected chi connectivity index (χ3v) is 2.73. The van der Waals surface area contributed by atoms with Gasteiger partial charge in [0, 0.05) is 13.0 Å². The van der Waals surface area contributed by atoms with E-state index in [-0.39, 0.29) is 29.8 Å². The first-order valence-electron chi connectivity index (χ1n) is 5.52. The predicted octanol–water partition coefficient (Wildman–Crippen LogP) is -0.800. The molecule has 1 aromatic heterocycles. The van der Waals surface area contributed by atoms with Crippen molar-refractivity contribution in [3.8, 4) is 12.0 Å². The maximum absolute atomic E-state index is 11.8. The third-order valence-electron chi connectivity index (χ3n) is 2.73. The molecule has 2 rings (SSSR count). The van der Waals surface area contributed by atoms with Gasteiger partial charge in [0.05, 0.1) is 14.2 Å². The lowest BCUT2D eigenvalue weighted by molar-refractivity contribution is -0.117. The van der Waals surface area contributed by atoms with E-state index in [4.69, 9.17) is 15.2 Å². The summed E-state index contributed by atoms with van der Waals surface area (Å²) in [4.78, 5) is 25.3. The van der Waals surface area contributed by atoms with Gasteiger partial charge in [-0.2, -0.15) is 9.97 Å². The minimum absolute atomic E-state index is 0.0549. The quantitative estimate of drug-likeness (QED) is 0.749. The minimum atomic E-state index is -0.0549. The highest BCUT2D eigenvalue weighted by atomic mass is 16.5. The Morgan fingerprint density at radius 2 is 1.89 bits per heavy atom. The summed E-state index contributed by atoms with van der Waals surface area (Å²) < 4.78 is 9.88. The van der Waals surface area contributed by atoms with Crippen LogP contribution in [-0.2, 0) is 4.79 Å². The van der Waals surface area contributed by atoms with Crippen molar-refractivity contribution in [3.63, 3.8) is 0 Å². The van der Waals surface area contributed by atoms with E-state index >= 15 is 0 Å². The molecule has 8 heteroatoms. The second-order valence-electron chi connectivity index (χ2n) is 3.92. The van der Waals surface area contributed by atoms with Gasteiger partial charge in [-0.1, -0.05) is 0 Å². The smallest absolute Gasteiger partial charge is 0.324 e. The highest BCUT2D eigenvalue weighted by molar-refractivity contribution is 5.94. The van der Waals surface area contributed by atoms with Crippen LogP contribution < -0.4 is 20.1 Å². The fourth-order valence-corrected chi connectivity index (χ4v) is 1.76. The second-order valence-corrected chi connectivity index (χ2v) is 3.92. The van der Waals surface area contributed by atoms with Crippen LogP contribution in [0, 0.1) is 5.92 Å². The van der Waals surface area contributed by atoms with Crippen LogP contribution in [0.25, 0.3) is 0 Å². The van der Waals surface area contributed by atoms with Gasteiger partial charge in [-0.15, -0.1) is 4.98 Å². The van der Waals surface area contributed by atoms with Gasteiger partial charge >= 0.3 is 12.0 Å². The van der Waals surface area contributed by atoms with Crippen LogP contribution in [0.5, 0.6) is 12.0 Å². The zero-order valence-electron chi connectivity index (χ0n) is 10.3. The van der Waals surface area contributed by atoms with Crippen LogP contribution >= 0.6 is 0 Å². The average molecular weight is 253 g/mol. The SMILES string of the molecule is COc1nc(OC)nc(N2CC(CN)CC2=O)n1. The Bertz CT molecular complexity index is 431. The first-order chi connectivity index (χ1) is 8.67. The van der Waals surface area contributed by atoms with Crippen molar-refractivity contribution in [2.24, 2.45) is 11.7 Å². The molecule has 0 saturated carbocycles. The van der Waals surface area contributed by atoms with E-state index in [1.165, 1.54) is 19.1 Å². The van der Waals surface area contributed by atoms with Crippen LogP contribution in [0.15, 0.2) is 0 Å². The number of hydrogen-bond donors (Lipinski definition) is 1. The second kappa shape index (κ2) is 5.13. The lowest BCUT2D eigenvalue weighted by Gasteiger charge is -2.14. The maximum Gasteiger partial charge on any atom is 0.324 e. The Kier molecular flexibility index (Phi) is 3.56. The maximum atomic E-state index is 11.8. The van der Waals surface area contributed by atoms with Gasteiger partial charge in [-0.25, -0.2) is 0 Å². The Morgan fingerprint density at radius 1 is 1.28 bits per heavy atom. The summed E-state index contributed by atoms with van der Waals surface area (Å²) in [6.07, 6.45) is 0.410. The number of anilines is 1. The van der Waals surface area contributed by atoms with Gasteiger partial charge < -0.3 is 15.2 Å². The first kappa shape index (κ1) is 12.5. The molecule has 0 bridgehead atoms. The minimum Gasteiger partial charge on any atom is -0.467 e. The number of nitrogens with two attached hydrogens (primary N) is 1. The van der Waals surface area contributed by atoms with Gasteiger partial charge in [0.2, 0.25) is 11.9 Å². The highest BCUT2D eigenvalue weighted by Gasteiger charge is 2.32. The van der Waals surface area contributed by atoms with Gasteiger partial charge in [0.25, 0.3) is 0 Å². The molecule has 1 aromatic rings. The predicted molar refractivity (Wildman–Crippen MR) is 62.4 cm³/mol. The van der Waals surface area contributed by atoms with E-state index in [1.807, 2.05) is 0 Å². The van der Waals surface area contributed by atoms with Crippen molar-refractivity contribution in [1.82, 2.24) is 15.0 Å². The molecule has 1 aliphatic heterocycles. The molecule has 1 atom stereocenters. The molecule has 0 radical (unpaired) electrons. The van der Waals surface area contributed by atoms with Crippen molar-refractivity contribution in [2.45, 2.75) is 6.42 Å². The Morgan fingerprint density at radius 3 is 2.33 bits per heavy atom. The molecule has 18 heavy (non-hydrogen) atoms. The van der Waals surface area contributed by atoms with Crippen molar-refractivity contribution in [2.75, 3.05) is 32.2 Å². The molecule has 0 aliphatic carbocycles. The molecule has 1 amide bonds. The van der Waals surface area contributed by atoms with Gasteiger partial charge in [-0.05, 0) is 12.5 Å². The van der Waals surface area contributed by atoms with E-state index < -0.39 is 0 Å². The van der Waals surface area contributed by atoms with Crippen LogP contribution in [0.4, 0.5) is 5.95 Å². The van der Waals surface area contributed by atoms with E-state index in [1.54, 1.807) is 0 Å². The van der Waals surface area contributed by atoms with Gasteiger partial charge in [0.1, 0.15) is 0 Å². The number of rotatable bonds is 4. The van der Waals surface area contributed by atoms with Crippen molar-refractivity contribution >= 4 is 11.9 Å². The number of carbonyl (C=O) groups excluding carboxylic acids is 1. The number of carbonyl (C=O) groups is 1. The molecular weight excluding hydrogens is 238 g/mol. The highest BCUT2D eigenvalue weighted by Crippen LogP contribution is 2.23. The number of amides is 1. The molecular formula is C10H15N5O3. The summed E-state index contributed by atoms with van der Waals surface area (Å²) in [7, 11) is 2.88. The van der Waals surface area contributed by atoms with Crippen LogP contribution in [0.3, 0.4) is 0 Å². The fourth-order valence-electron chi connectivity index (χ4n) is 1.76. The summed E-state index contributed by atoms with van der Waals surface area (Å²) in [5, 5.41) is 0. The molecule has 0 spiro atoms. The lowest BCUT2D eigenvalue weighted by atomic mass is 10.1. The summed E-state index contributed by atoms with van der Waals surface area (Å²) in [6.45, 7) is 0.966. The fraction of sp³-hybridized carbons (Fsp3) is 0.600. The third kappa shape index (κ3) is 2.33. The van der Waals surface area contributed by atoms with Crippen LogP contribution in [-0.4, -0.2) is 48.2 Å². The Hall–Kier alpha value is -1.96. The van der Waals surface area contributed by atoms with Gasteiger partial charge in [-0.3, -0.25) is 9.69 Å². The van der Waals surface area contributed by atoms with Crippen molar-refractivity contribution in [3.05, 3.63) is 0 Å². The average Bonchev–Trinajstić information content (AvgIpc) is 2.79. The molecule has 2 heterocycles. The van der Waals surface area contributed by atoms with Crippen molar-refractivity contribution in [1.29, 1.82) is 0 Å². The van der Waals surface area contributed by atoms with E-state index in [0.717, 1.165) is 0 Å². The number of aromatic nitrogens is 3. The first-order valence-corrected chi connectivity index (χ1v) is 5.52. The van der Waals surface area contributed by atoms with E-state index in [0.29, 0.717) is 19.5 Å². The normalized spacial score (nSPS) is 19.2. The molecule has 2 N–H and O–H groups in total. The lowest BCUT2D eigenvalue weighted by Crippen LogP contribution is -2.28. The van der Waals surface area contributed by atoms with Crippen LogP contribution in [0.1, 0.15) is 6.42 Å². The zero-order chi connectivity index (χ0) is 13.1. The Balaban J connectivity index is 2.30. The number of methoxy groups -OCH3 is 2. The Labute approximate surface area is 104 Å². The molecule has 0 aromatic carbocycles. The summed E-state index contributed by atoms with van der Waals surface area (Å²) >= 11 is 0. The standard InChI is InChI=1S/C10H15N5O3/c1-17-9-12-8(13-10(14-9)18-2)15-5-6(4-11)3-7(15)16/h6H,3-5,11H2,1-2H3.